The van der Waals surface area contributed by atoms with E-state index in [9.17, 15) is 0 Å². The maximum absolute atomic E-state index is 4.55. The van der Waals surface area contributed by atoms with E-state index in [-0.39, 0.29) is 19.5 Å². The molecule has 0 saturated heterocycles. The zero-order chi connectivity index (χ0) is 25.9. The molecule has 39 heavy (non-hydrogen) atoms. The summed E-state index contributed by atoms with van der Waals surface area (Å²) in [4.78, 5) is 4.30. The Kier molecular flexibility index (Phi) is 7.90. The van der Waals surface area contributed by atoms with E-state index >= 15 is 0 Å². The van der Waals surface area contributed by atoms with Crippen LogP contribution in [0.4, 0.5) is 17.1 Å². The van der Waals surface area contributed by atoms with Crippen molar-refractivity contribution >= 4 is 28.0 Å². The second-order valence-electron chi connectivity index (χ2n) is 9.18. The van der Waals surface area contributed by atoms with Gasteiger partial charge in [-0.2, -0.15) is 54.2 Å². The maximum atomic E-state index is 4.55. The third kappa shape index (κ3) is 5.37. The summed E-state index contributed by atoms with van der Waals surface area (Å²) < 4.78 is 1.94. The van der Waals surface area contributed by atoms with Gasteiger partial charge in [0.2, 0.25) is 0 Å². The van der Waals surface area contributed by atoms with Gasteiger partial charge in [-0.05, 0) is 37.9 Å². The molecule has 0 bridgehead atoms. The van der Waals surface area contributed by atoms with Crippen molar-refractivity contribution in [2.75, 3.05) is 16.8 Å². The molecule has 0 amide bonds. The van der Waals surface area contributed by atoms with Gasteiger partial charge in [0, 0.05) is 16.8 Å². The standard InChI is InChI=1S/C20H16N2.C14H11N2.Rh/c1-21-15-22(20-10-6-5-9-19(20)21)18-13-11-17(12-14-18)16-7-3-2-4-8-16;1-11-13-9-5-6-10-14(13)16(15-11)12-7-3-2-4-8-12;/h2-13,15H,1H3;2-7,9-10H,1H3;/q-2;-1;+3. The molecule has 1 aliphatic rings. The molecule has 7 rings (SSSR count). The first kappa shape index (κ1) is 26.4. The molecule has 0 fully saturated rings. The molecule has 192 valence electrons. The fraction of sp³-hybridized carbons (Fsp3) is 0.0588. The summed E-state index contributed by atoms with van der Waals surface area (Å²) in [5, 5.41) is 5.74. The molecule has 4 nitrogen and oxygen atoms in total. The van der Waals surface area contributed by atoms with Crippen LogP contribution in [0.15, 0.2) is 121 Å². The molecule has 0 saturated carbocycles. The SMILES string of the molecule is CN1[CH-]N(c2[c-]cc(-c3ccccc3)cc2)c2ccccc21.Cc1nn(-c2[c-]cccc2)c2ccccc12.[Rh+3]. The number of fused-ring (bicyclic) bond motifs is 2. The van der Waals surface area contributed by atoms with Gasteiger partial charge in [-0.25, -0.2) is 0 Å². The molecule has 5 aromatic carbocycles. The minimum absolute atomic E-state index is 0. The van der Waals surface area contributed by atoms with Crippen molar-refractivity contribution in [1.82, 2.24) is 9.78 Å². The summed E-state index contributed by atoms with van der Waals surface area (Å²) in [6.07, 6.45) is 0. The van der Waals surface area contributed by atoms with Crippen molar-refractivity contribution in [3.05, 3.63) is 146 Å². The van der Waals surface area contributed by atoms with Crippen molar-refractivity contribution in [3.63, 3.8) is 0 Å². The normalized spacial score (nSPS) is 11.9. The van der Waals surface area contributed by atoms with Crippen LogP contribution in [-0.2, 0) is 19.5 Å². The second-order valence-corrected chi connectivity index (χ2v) is 9.18. The van der Waals surface area contributed by atoms with Crippen LogP contribution in [0.1, 0.15) is 5.69 Å². The summed E-state index contributed by atoms with van der Waals surface area (Å²) in [7, 11) is 2.07. The van der Waals surface area contributed by atoms with Crippen LogP contribution in [0.2, 0.25) is 0 Å². The van der Waals surface area contributed by atoms with Crippen LogP contribution in [-0.4, -0.2) is 16.8 Å². The molecule has 1 aliphatic heterocycles. The molecule has 0 aliphatic carbocycles. The largest absolute Gasteiger partial charge is 3.00 e. The zero-order valence-corrected chi connectivity index (χ0v) is 23.4. The summed E-state index contributed by atoms with van der Waals surface area (Å²) in [6.45, 7) is 4.13. The second kappa shape index (κ2) is 11.7. The predicted octanol–water partition coefficient (Wildman–Crippen LogP) is 7.99. The number of anilines is 3. The summed E-state index contributed by atoms with van der Waals surface area (Å²) in [6, 6.07) is 47.8. The van der Waals surface area contributed by atoms with Crippen molar-refractivity contribution in [3.8, 4) is 16.8 Å². The molecular formula is C34H27N4Rh. The van der Waals surface area contributed by atoms with Gasteiger partial charge in [-0.15, -0.1) is 23.4 Å². The van der Waals surface area contributed by atoms with Crippen molar-refractivity contribution in [1.29, 1.82) is 0 Å². The number of rotatable bonds is 3. The van der Waals surface area contributed by atoms with E-state index < -0.39 is 0 Å². The Bertz CT molecular complexity index is 1660. The quantitative estimate of drug-likeness (QED) is 0.153. The van der Waals surface area contributed by atoms with Gasteiger partial charge < -0.3 is 9.80 Å². The molecule has 0 spiro atoms. The number of nitrogens with zero attached hydrogens (tertiary/aromatic N) is 4. The number of benzene rings is 5. The fourth-order valence-electron chi connectivity index (χ4n) is 4.75. The van der Waals surface area contributed by atoms with Gasteiger partial charge in [0.1, 0.15) is 0 Å². The van der Waals surface area contributed by atoms with Crippen LogP contribution in [0.5, 0.6) is 0 Å². The summed E-state index contributed by atoms with van der Waals surface area (Å²) in [5.41, 5.74) is 9.01. The van der Waals surface area contributed by atoms with Crippen LogP contribution in [0.3, 0.4) is 0 Å². The third-order valence-corrected chi connectivity index (χ3v) is 6.67. The first-order valence-corrected chi connectivity index (χ1v) is 12.6. The molecular weight excluding hydrogens is 567 g/mol. The smallest absolute Gasteiger partial charge is 0.504 e. The first-order chi connectivity index (χ1) is 18.7. The van der Waals surface area contributed by atoms with Gasteiger partial charge in [-0.1, -0.05) is 66.2 Å². The molecule has 0 unspecified atom stereocenters. The number of aromatic nitrogens is 2. The zero-order valence-electron chi connectivity index (χ0n) is 21.7. The first-order valence-electron chi connectivity index (χ1n) is 12.6. The average molecular weight is 595 g/mol. The van der Waals surface area contributed by atoms with Crippen LogP contribution >= 0.6 is 0 Å². The monoisotopic (exact) mass is 594 g/mol. The molecule has 0 atom stereocenters. The molecule has 2 heterocycles. The Hall–Kier alpha value is -4.21. The number of hydrogen-bond donors (Lipinski definition) is 0. The minimum Gasteiger partial charge on any atom is -0.504 e. The van der Waals surface area contributed by atoms with Gasteiger partial charge >= 0.3 is 19.5 Å². The average Bonchev–Trinajstić information content (AvgIpc) is 3.51. The Morgan fingerprint density at radius 3 is 2.13 bits per heavy atom. The molecule has 5 heteroatoms. The minimum atomic E-state index is 0. The van der Waals surface area contributed by atoms with E-state index in [1.807, 2.05) is 54.1 Å². The van der Waals surface area contributed by atoms with Crippen LogP contribution in [0, 0.1) is 25.7 Å². The topological polar surface area (TPSA) is 24.3 Å². The van der Waals surface area contributed by atoms with E-state index in [4.69, 9.17) is 0 Å². The Morgan fingerprint density at radius 2 is 1.38 bits per heavy atom. The molecule has 0 N–H and O–H groups in total. The van der Waals surface area contributed by atoms with E-state index in [0.29, 0.717) is 0 Å². The van der Waals surface area contributed by atoms with Crippen molar-refractivity contribution in [2.24, 2.45) is 0 Å². The summed E-state index contributed by atoms with van der Waals surface area (Å²) in [5.74, 6) is 0. The predicted molar refractivity (Wildman–Crippen MR) is 157 cm³/mol. The maximum Gasteiger partial charge on any atom is 3.00 e. The fourth-order valence-corrected chi connectivity index (χ4v) is 4.75. The Balaban J connectivity index is 0.000000161. The van der Waals surface area contributed by atoms with Crippen molar-refractivity contribution in [2.45, 2.75) is 6.92 Å². The molecule has 6 aromatic rings. The Labute approximate surface area is 242 Å². The van der Waals surface area contributed by atoms with E-state index in [2.05, 4.69) is 120 Å². The summed E-state index contributed by atoms with van der Waals surface area (Å²) >= 11 is 0. The number of aryl methyl sites for hydroxylation is 1. The van der Waals surface area contributed by atoms with Gasteiger partial charge in [0.25, 0.3) is 0 Å². The van der Waals surface area contributed by atoms with Gasteiger partial charge in [-0.3, -0.25) is 4.68 Å². The molecule has 0 radical (unpaired) electrons. The Morgan fingerprint density at radius 1 is 0.667 bits per heavy atom. The number of hydrogen-bond acceptors (Lipinski definition) is 3. The van der Waals surface area contributed by atoms with Gasteiger partial charge in [0.15, 0.2) is 0 Å². The van der Waals surface area contributed by atoms with Crippen LogP contribution < -0.4 is 9.80 Å². The van der Waals surface area contributed by atoms with E-state index in [1.165, 1.54) is 27.9 Å². The van der Waals surface area contributed by atoms with E-state index in [0.717, 1.165) is 22.6 Å². The van der Waals surface area contributed by atoms with Crippen LogP contribution in [0.25, 0.3) is 27.7 Å². The van der Waals surface area contributed by atoms with Crippen molar-refractivity contribution < 1.29 is 19.5 Å². The van der Waals surface area contributed by atoms with E-state index in [1.54, 1.807) is 0 Å². The van der Waals surface area contributed by atoms with Gasteiger partial charge in [0.05, 0.1) is 11.2 Å². The number of para-hydroxylation sites is 4. The molecule has 1 aromatic heterocycles. The third-order valence-electron chi connectivity index (χ3n) is 6.67.